The molecule has 3 nitrogen and oxygen atoms in total. The fourth-order valence-electron chi connectivity index (χ4n) is 2.21. The van der Waals surface area contributed by atoms with Crippen molar-refractivity contribution in [3.63, 3.8) is 0 Å². The highest BCUT2D eigenvalue weighted by Crippen LogP contribution is 2.45. The van der Waals surface area contributed by atoms with Crippen molar-refractivity contribution in [1.82, 2.24) is 0 Å². The van der Waals surface area contributed by atoms with Crippen LogP contribution in [0.25, 0.3) is 0 Å². The number of rotatable bonds is 7. The third-order valence-corrected chi connectivity index (χ3v) is 5.82. The van der Waals surface area contributed by atoms with Gasteiger partial charge in [-0.3, -0.25) is 9.36 Å². The lowest BCUT2D eigenvalue weighted by atomic mass is 10.2. The maximum absolute atomic E-state index is 13.4. The highest BCUT2D eigenvalue weighted by atomic mass is 31.2. The molecule has 0 N–H and O–H groups in total. The summed E-state index contributed by atoms with van der Waals surface area (Å²) in [6, 6.07) is 17.9. The van der Waals surface area contributed by atoms with E-state index in [0.717, 1.165) is 19.3 Å². The Hall–Kier alpha value is -1.86. The van der Waals surface area contributed by atoms with Crippen LogP contribution in [0.1, 0.15) is 32.6 Å². The number of carbonyl (C=O) groups is 1. The van der Waals surface area contributed by atoms with Crippen LogP contribution in [-0.2, 0) is 13.9 Å². The highest BCUT2D eigenvalue weighted by molar-refractivity contribution is 7.74. The monoisotopic (exact) mass is 316 g/mol. The minimum absolute atomic E-state index is 0.303. The van der Waals surface area contributed by atoms with Gasteiger partial charge in [0.1, 0.15) is 0 Å². The van der Waals surface area contributed by atoms with E-state index < -0.39 is 13.3 Å². The second-order valence-corrected chi connectivity index (χ2v) is 7.46. The number of hydrogen-bond donors (Lipinski definition) is 0. The van der Waals surface area contributed by atoms with E-state index in [-0.39, 0.29) is 0 Å². The minimum Gasteiger partial charge on any atom is -0.405 e. The molecule has 116 valence electrons. The van der Waals surface area contributed by atoms with Gasteiger partial charge < -0.3 is 4.52 Å². The maximum Gasteiger partial charge on any atom is 0.311 e. The molecule has 0 saturated carbocycles. The highest BCUT2D eigenvalue weighted by Gasteiger charge is 2.31. The standard InChI is InChI=1S/C18H21O3P/c1-2-3-6-15-18(19)21-22(20,16-11-7-4-8-12-16)17-13-9-5-10-14-17/h4-5,7-14H,2-3,6,15H2,1H3. The molecule has 0 aliphatic rings. The zero-order chi connectivity index (χ0) is 15.8. The Morgan fingerprint density at radius 2 is 1.41 bits per heavy atom. The molecule has 0 unspecified atom stereocenters. The third-order valence-electron chi connectivity index (χ3n) is 3.41. The van der Waals surface area contributed by atoms with Crippen molar-refractivity contribution in [2.45, 2.75) is 32.6 Å². The first kappa shape index (κ1) is 16.5. The largest absolute Gasteiger partial charge is 0.405 e. The molecule has 22 heavy (non-hydrogen) atoms. The summed E-state index contributed by atoms with van der Waals surface area (Å²) in [6.45, 7) is 2.07. The first-order valence-corrected chi connectivity index (χ1v) is 9.23. The number of hydrogen-bond acceptors (Lipinski definition) is 3. The van der Waals surface area contributed by atoms with Gasteiger partial charge in [0.25, 0.3) is 0 Å². The Labute approximate surface area is 131 Å². The molecule has 0 atom stereocenters. The van der Waals surface area contributed by atoms with Crippen LogP contribution in [0.15, 0.2) is 60.7 Å². The Balaban J connectivity index is 2.27. The van der Waals surface area contributed by atoms with Crippen molar-refractivity contribution < 1.29 is 13.9 Å². The summed E-state index contributed by atoms with van der Waals surface area (Å²) in [5.41, 5.74) is 0. The molecule has 0 fully saturated rings. The Morgan fingerprint density at radius 1 is 0.909 bits per heavy atom. The van der Waals surface area contributed by atoms with Gasteiger partial charge in [0, 0.05) is 6.42 Å². The molecule has 0 heterocycles. The molecule has 0 aromatic heterocycles. The summed E-state index contributed by atoms with van der Waals surface area (Å²) in [7, 11) is -3.38. The van der Waals surface area contributed by atoms with Gasteiger partial charge in [0.2, 0.25) is 0 Å². The van der Waals surface area contributed by atoms with E-state index in [4.69, 9.17) is 4.52 Å². The van der Waals surface area contributed by atoms with Gasteiger partial charge in [0.05, 0.1) is 10.6 Å². The van der Waals surface area contributed by atoms with Crippen LogP contribution < -0.4 is 10.6 Å². The van der Waals surface area contributed by atoms with Gasteiger partial charge in [-0.25, -0.2) is 0 Å². The third kappa shape index (κ3) is 4.08. The van der Waals surface area contributed by atoms with Gasteiger partial charge in [-0.1, -0.05) is 56.2 Å². The molecule has 0 saturated heterocycles. The molecule has 0 aliphatic heterocycles. The second-order valence-electron chi connectivity index (χ2n) is 5.14. The summed E-state index contributed by atoms with van der Waals surface area (Å²) < 4.78 is 18.9. The Bertz CT molecular complexity index is 594. The molecule has 4 heteroatoms. The van der Waals surface area contributed by atoms with Gasteiger partial charge >= 0.3 is 13.3 Å². The van der Waals surface area contributed by atoms with Crippen molar-refractivity contribution in [2.24, 2.45) is 0 Å². The zero-order valence-electron chi connectivity index (χ0n) is 12.8. The molecular weight excluding hydrogens is 295 g/mol. The molecule has 0 radical (unpaired) electrons. The maximum atomic E-state index is 13.4. The average molecular weight is 316 g/mol. The molecule has 2 aromatic rings. The number of carbonyl (C=O) groups excluding carboxylic acids is 1. The Kier molecular flexibility index (Phi) is 5.97. The van der Waals surface area contributed by atoms with Crippen LogP contribution in [0, 0.1) is 0 Å². The van der Waals surface area contributed by atoms with E-state index in [1.165, 1.54) is 0 Å². The molecule has 0 amide bonds. The molecule has 0 aliphatic carbocycles. The van der Waals surface area contributed by atoms with E-state index in [9.17, 15) is 9.36 Å². The molecule has 0 bridgehead atoms. The van der Waals surface area contributed by atoms with Crippen molar-refractivity contribution in [1.29, 1.82) is 0 Å². The summed E-state index contributed by atoms with van der Waals surface area (Å²) in [4.78, 5) is 12.1. The number of benzene rings is 2. The molecule has 0 spiro atoms. The predicted molar refractivity (Wildman–Crippen MR) is 90.0 cm³/mol. The van der Waals surface area contributed by atoms with E-state index in [1.54, 1.807) is 48.5 Å². The van der Waals surface area contributed by atoms with Crippen molar-refractivity contribution in [3.05, 3.63) is 60.7 Å². The van der Waals surface area contributed by atoms with Crippen molar-refractivity contribution in [2.75, 3.05) is 0 Å². The molecule has 2 aromatic carbocycles. The van der Waals surface area contributed by atoms with Crippen LogP contribution in [0.4, 0.5) is 0 Å². The lowest BCUT2D eigenvalue weighted by molar-refractivity contribution is -0.134. The SMILES string of the molecule is CCCCCC(=O)OP(=O)(c1ccccc1)c1ccccc1. The fraction of sp³-hybridized carbons (Fsp3) is 0.278. The van der Waals surface area contributed by atoms with Gasteiger partial charge in [0.15, 0.2) is 0 Å². The van der Waals surface area contributed by atoms with Crippen molar-refractivity contribution >= 4 is 23.9 Å². The smallest absolute Gasteiger partial charge is 0.311 e. The minimum atomic E-state index is -3.38. The van der Waals surface area contributed by atoms with Crippen LogP contribution in [0.3, 0.4) is 0 Å². The van der Waals surface area contributed by atoms with Gasteiger partial charge in [-0.2, -0.15) is 0 Å². The summed E-state index contributed by atoms with van der Waals surface area (Å²) in [5, 5.41) is 1.09. The lowest BCUT2D eigenvalue weighted by Crippen LogP contribution is -2.20. The quantitative estimate of drug-likeness (QED) is 0.572. The summed E-state index contributed by atoms with van der Waals surface area (Å²) in [6.07, 6.45) is 3.06. The summed E-state index contributed by atoms with van der Waals surface area (Å²) >= 11 is 0. The Morgan fingerprint density at radius 3 is 1.86 bits per heavy atom. The van der Waals surface area contributed by atoms with Gasteiger partial charge in [-0.15, -0.1) is 0 Å². The topological polar surface area (TPSA) is 43.4 Å². The van der Waals surface area contributed by atoms with E-state index in [2.05, 4.69) is 6.92 Å². The van der Waals surface area contributed by atoms with E-state index in [0.29, 0.717) is 17.0 Å². The molecular formula is C18H21O3P. The van der Waals surface area contributed by atoms with Crippen LogP contribution in [-0.4, -0.2) is 5.97 Å². The van der Waals surface area contributed by atoms with Crippen LogP contribution in [0.2, 0.25) is 0 Å². The first-order valence-electron chi connectivity index (χ1n) is 7.60. The average Bonchev–Trinajstić information content (AvgIpc) is 2.56. The van der Waals surface area contributed by atoms with Crippen molar-refractivity contribution in [3.8, 4) is 0 Å². The second kappa shape index (κ2) is 7.95. The normalized spacial score (nSPS) is 11.1. The number of unbranched alkanes of at least 4 members (excludes halogenated alkanes) is 2. The van der Waals surface area contributed by atoms with Crippen LogP contribution >= 0.6 is 7.37 Å². The zero-order valence-corrected chi connectivity index (χ0v) is 13.7. The van der Waals surface area contributed by atoms with E-state index >= 15 is 0 Å². The van der Waals surface area contributed by atoms with Crippen LogP contribution in [0.5, 0.6) is 0 Å². The fourth-order valence-corrected chi connectivity index (χ4v) is 4.23. The molecule has 2 rings (SSSR count). The summed E-state index contributed by atoms with van der Waals surface area (Å²) in [5.74, 6) is -0.399. The van der Waals surface area contributed by atoms with Gasteiger partial charge in [-0.05, 0) is 30.7 Å². The predicted octanol–water partition coefficient (Wildman–Crippen LogP) is 4.04. The van der Waals surface area contributed by atoms with E-state index in [1.807, 2.05) is 12.1 Å². The lowest BCUT2D eigenvalue weighted by Gasteiger charge is -2.19. The first-order chi connectivity index (χ1) is 10.7.